The summed E-state index contributed by atoms with van der Waals surface area (Å²) in [6.07, 6.45) is -2.69. The molecule has 2 fully saturated rings. The molecule has 2 aliphatic rings. The average molecular weight is 358 g/mol. The van der Waals surface area contributed by atoms with Gasteiger partial charge in [-0.3, -0.25) is 0 Å². The van der Waals surface area contributed by atoms with E-state index in [2.05, 4.69) is 4.98 Å². The maximum atomic E-state index is 12.8. The van der Waals surface area contributed by atoms with Crippen molar-refractivity contribution in [1.29, 1.82) is 0 Å². The van der Waals surface area contributed by atoms with Gasteiger partial charge in [0.2, 0.25) is 5.88 Å². The van der Waals surface area contributed by atoms with E-state index in [1.165, 1.54) is 0 Å². The molecule has 1 saturated heterocycles. The SMILES string of the molecule is CC(C)(C)OC(=O)N1C[C@H]2C[C@@H](Oc3cc(C(F)(F)F)ccn3)[C@@H]1C2. The Kier molecular flexibility index (Phi) is 4.33. The fourth-order valence-electron chi connectivity index (χ4n) is 3.43. The molecule has 3 atom stereocenters. The first-order chi connectivity index (χ1) is 11.5. The molecule has 0 unspecified atom stereocenters. The molecule has 1 saturated carbocycles. The Hall–Kier alpha value is -1.99. The first-order valence-electron chi connectivity index (χ1n) is 8.22. The summed E-state index contributed by atoms with van der Waals surface area (Å²) in [5, 5.41) is 0. The topological polar surface area (TPSA) is 51.7 Å². The van der Waals surface area contributed by atoms with Crippen LogP contribution in [0.15, 0.2) is 18.3 Å². The maximum Gasteiger partial charge on any atom is 0.416 e. The van der Waals surface area contributed by atoms with Gasteiger partial charge in [0, 0.05) is 18.8 Å². The quantitative estimate of drug-likeness (QED) is 0.805. The number of hydrogen-bond donors (Lipinski definition) is 0. The number of likely N-dealkylation sites (tertiary alicyclic amines) is 1. The monoisotopic (exact) mass is 358 g/mol. The Morgan fingerprint density at radius 1 is 1.28 bits per heavy atom. The molecule has 138 valence electrons. The number of alkyl halides is 3. The molecule has 0 N–H and O–H groups in total. The minimum atomic E-state index is -4.45. The molecule has 1 aliphatic heterocycles. The zero-order valence-electron chi connectivity index (χ0n) is 14.3. The van der Waals surface area contributed by atoms with Crippen LogP contribution in [0, 0.1) is 5.92 Å². The number of hydrogen-bond acceptors (Lipinski definition) is 4. The summed E-state index contributed by atoms with van der Waals surface area (Å²) in [5.74, 6) is 0.199. The Bertz CT molecular complexity index is 657. The van der Waals surface area contributed by atoms with Gasteiger partial charge in [0.25, 0.3) is 0 Å². The van der Waals surface area contributed by atoms with Crippen molar-refractivity contribution in [2.24, 2.45) is 5.92 Å². The van der Waals surface area contributed by atoms with Gasteiger partial charge in [0.05, 0.1) is 11.6 Å². The molecule has 0 radical (unpaired) electrons. The van der Waals surface area contributed by atoms with E-state index in [0.29, 0.717) is 13.0 Å². The molecular weight excluding hydrogens is 337 g/mol. The highest BCUT2D eigenvalue weighted by atomic mass is 19.4. The summed E-state index contributed by atoms with van der Waals surface area (Å²) < 4.78 is 49.5. The van der Waals surface area contributed by atoms with Crippen molar-refractivity contribution in [3.8, 4) is 5.88 Å². The number of nitrogens with zero attached hydrogens (tertiary/aromatic N) is 2. The number of carbonyl (C=O) groups excluding carboxylic acids is 1. The summed E-state index contributed by atoms with van der Waals surface area (Å²) in [6.45, 7) is 5.97. The van der Waals surface area contributed by atoms with Crippen LogP contribution >= 0.6 is 0 Å². The van der Waals surface area contributed by atoms with Crippen molar-refractivity contribution >= 4 is 6.09 Å². The Balaban J connectivity index is 1.70. The third-order valence-corrected chi connectivity index (χ3v) is 4.39. The predicted octanol–water partition coefficient (Wildman–Crippen LogP) is 3.88. The van der Waals surface area contributed by atoms with Gasteiger partial charge in [-0.05, 0) is 45.6 Å². The number of fused-ring (bicyclic) bond motifs is 2. The number of amides is 1. The summed E-state index contributed by atoms with van der Waals surface area (Å²) in [4.78, 5) is 17.8. The summed E-state index contributed by atoms with van der Waals surface area (Å²) >= 11 is 0. The maximum absolute atomic E-state index is 12.8. The number of piperidine rings is 1. The predicted molar refractivity (Wildman–Crippen MR) is 83.1 cm³/mol. The lowest BCUT2D eigenvalue weighted by atomic mass is 10.1. The first kappa shape index (κ1) is 17.8. The molecule has 1 aromatic heterocycles. The minimum absolute atomic E-state index is 0.0727. The molecule has 0 aromatic carbocycles. The fourth-order valence-corrected chi connectivity index (χ4v) is 3.43. The van der Waals surface area contributed by atoms with Crippen molar-refractivity contribution in [3.05, 3.63) is 23.9 Å². The summed E-state index contributed by atoms with van der Waals surface area (Å²) in [6, 6.07) is 1.60. The lowest BCUT2D eigenvalue weighted by molar-refractivity contribution is -0.137. The molecule has 5 nitrogen and oxygen atoms in total. The third-order valence-electron chi connectivity index (χ3n) is 4.39. The Labute approximate surface area is 144 Å². The molecule has 8 heteroatoms. The highest BCUT2D eigenvalue weighted by molar-refractivity contribution is 5.69. The van der Waals surface area contributed by atoms with Crippen molar-refractivity contribution in [2.45, 2.75) is 57.5 Å². The summed E-state index contributed by atoms with van der Waals surface area (Å²) in [7, 11) is 0. The molecule has 0 spiro atoms. The largest absolute Gasteiger partial charge is 0.472 e. The van der Waals surface area contributed by atoms with Crippen LogP contribution in [-0.2, 0) is 10.9 Å². The zero-order valence-corrected chi connectivity index (χ0v) is 14.3. The smallest absolute Gasteiger partial charge is 0.416 e. The second kappa shape index (κ2) is 6.07. The second-order valence-electron chi connectivity index (χ2n) is 7.57. The van der Waals surface area contributed by atoms with E-state index >= 15 is 0 Å². The van der Waals surface area contributed by atoms with Crippen LogP contribution in [0.5, 0.6) is 5.88 Å². The normalized spacial score (nSPS) is 26.0. The zero-order chi connectivity index (χ0) is 18.4. The number of halogens is 3. The van der Waals surface area contributed by atoms with Crippen LogP contribution in [0.3, 0.4) is 0 Å². The van der Waals surface area contributed by atoms with Gasteiger partial charge < -0.3 is 14.4 Å². The van der Waals surface area contributed by atoms with E-state index in [1.807, 2.05) is 0 Å². The second-order valence-corrected chi connectivity index (χ2v) is 7.57. The summed E-state index contributed by atoms with van der Waals surface area (Å²) in [5.41, 5.74) is -1.40. The molecule has 25 heavy (non-hydrogen) atoms. The van der Waals surface area contributed by atoms with Crippen molar-refractivity contribution in [2.75, 3.05) is 6.54 Å². The highest BCUT2D eigenvalue weighted by Crippen LogP contribution is 2.40. The van der Waals surface area contributed by atoms with E-state index in [0.717, 1.165) is 24.8 Å². The minimum Gasteiger partial charge on any atom is -0.472 e. The van der Waals surface area contributed by atoms with Crippen LogP contribution in [0.25, 0.3) is 0 Å². The van der Waals surface area contributed by atoms with E-state index in [-0.39, 0.29) is 23.9 Å². The highest BCUT2D eigenvalue weighted by Gasteiger charge is 2.49. The molecule has 1 aromatic rings. The number of rotatable bonds is 2. The van der Waals surface area contributed by atoms with Crippen molar-refractivity contribution < 1.29 is 27.4 Å². The Morgan fingerprint density at radius 2 is 2.00 bits per heavy atom. The van der Waals surface area contributed by atoms with Crippen molar-refractivity contribution in [3.63, 3.8) is 0 Å². The van der Waals surface area contributed by atoms with Gasteiger partial charge in [0.1, 0.15) is 11.7 Å². The van der Waals surface area contributed by atoms with Gasteiger partial charge in [0.15, 0.2) is 0 Å². The lowest BCUT2D eigenvalue weighted by Gasteiger charge is -2.34. The fraction of sp³-hybridized carbons (Fsp3) is 0.647. The standard InChI is InChI=1S/C17H21F3N2O3/c1-16(2,3)25-15(23)22-9-10-6-12(22)13(7-10)24-14-8-11(4-5-21-14)17(18,19)20/h4-5,8,10,12-13H,6-7,9H2,1-3H3/t10-,12+,13-/m1/s1. The van der Waals surface area contributed by atoms with E-state index in [4.69, 9.17) is 9.47 Å². The number of ether oxygens (including phenoxy) is 2. The molecule has 1 aliphatic carbocycles. The van der Waals surface area contributed by atoms with Gasteiger partial charge in [-0.1, -0.05) is 0 Å². The van der Waals surface area contributed by atoms with Crippen LogP contribution in [0.2, 0.25) is 0 Å². The van der Waals surface area contributed by atoms with E-state index < -0.39 is 23.4 Å². The number of aromatic nitrogens is 1. The van der Waals surface area contributed by atoms with Gasteiger partial charge in [-0.25, -0.2) is 9.78 Å². The number of carbonyl (C=O) groups is 1. The number of pyridine rings is 1. The molecule has 2 heterocycles. The molecule has 2 bridgehead atoms. The van der Waals surface area contributed by atoms with Crippen LogP contribution in [0.4, 0.5) is 18.0 Å². The average Bonchev–Trinajstić information content (AvgIpc) is 3.05. The molecular formula is C17H21F3N2O3. The van der Waals surface area contributed by atoms with Crippen LogP contribution in [-0.4, -0.2) is 40.3 Å². The van der Waals surface area contributed by atoms with Crippen LogP contribution in [0.1, 0.15) is 39.2 Å². The third kappa shape index (κ3) is 3.99. The van der Waals surface area contributed by atoms with Crippen LogP contribution < -0.4 is 4.74 Å². The van der Waals surface area contributed by atoms with Gasteiger partial charge in [-0.15, -0.1) is 0 Å². The van der Waals surface area contributed by atoms with Crippen molar-refractivity contribution in [1.82, 2.24) is 9.88 Å². The van der Waals surface area contributed by atoms with E-state index in [1.54, 1.807) is 25.7 Å². The van der Waals surface area contributed by atoms with E-state index in [9.17, 15) is 18.0 Å². The molecule has 1 amide bonds. The lowest BCUT2D eigenvalue weighted by Crippen LogP contribution is -2.48. The first-order valence-corrected chi connectivity index (χ1v) is 8.22. The Morgan fingerprint density at radius 3 is 2.60 bits per heavy atom. The van der Waals surface area contributed by atoms with Gasteiger partial charge >= 0.3 is 12.3 Å². The molecule has 3 rings (SSSR count). The van der Waals surface area contributed by atoms with Gasteiger partial charge in [-0.2, -0.15) is 13.2 Å².